The van der Waals surface area contributed by atoms with Crippen molar-refractivity contribution in [2.45, 2.75) is 6.42 Å². The summed E-state index contributed by atoms with van der Waals surface area (Å²) in [7, 11) is 0. The number of nitrogens with one attached hydrogen (secondary N) is 1. The van der Waals surface area contributed by atoms with Crippen LogP contribution in [0.3, 0.4) is 0 Å². The van der Waals surface area contributed by atoms with Crippen LogP contribution in [-0.4, -0.2) is 9.97 Å². The Morgan fingerprint density at radius 2 is 1.93 bits per heavy atom. The van der Waals surface area contributed by atoms with Crippen LogP contribution in [0.5, 0.6) is 0 Å². The van der Waals surface area contributed by atoms with Crippen LogP contribution in [0.2, 0.25) is 0 Å². The molecule has 0 saturated heterocycles. The standard InChI is InChI=1S/C10H11N3.ClH/c11-10-12-7-9(13-10)6-8-4-2-1-3-5-8;/h1-5,7H,6H2,(H3,11,12,13);1H. The molecule has 1 aromatic carbocycles. The minimum absolute atomic E-state index is 0. The predicted molar refractivity (Wildman–Crippen MR) is 59.5 cm³/mol. The van der Waals surface area contributed by atoms with Gasteiger partial charge in [0.2, 0.25) is 0 Å². The highest BCUT2D eigenvalue weighted by molar-refractivity contribution is 5.85. The molecule has 2 aromatic rings. The lowest BCUT2D eigenvalue weighted by Gasteiger charge is -1.96. The molecule has 0 fully saturated rings. The smallest absolute Gasteiger partial charge is 0.197 e. The molecule has 0 spiro atoms. The Morgan fingerprint density at radius 3 is 2.50 bits per heavy atom. The molecule has 0 unspecified atom stereocenters. The van der Waals surface area contributed by atoms with E-state index < -0.39 is 0 Å². The molecule has 1 aromatic heterocycles. The van der Waals surface area contributed by atoms with Crippen LogP contribution in [0, 0.1) is 0 Å². The van der Waals surface area contributed by atoms with Gasteiger partial charge in [0.25, 0.3) is 0 Å². The van der Waals surface area contributed by atoms with E-state index in [4.69, 9.17) is 5.73 Å². The summed E-state index contributed by atoms with van der Waals surface area (Å²) in [5.74, 6) is 0.478. The van der Waals surface area contributed by atoms with Crippen molar-refractivity contribution in [2.75, 3.05) is 5.73 Å². The Bertz CT molecular complexity index is 383. The van der Waals surface area contributed by atoms with Gasteiger partial charge in [-0.05, 0) is 5.56 Å². The van der Waals surface area contributed by atoms with Crippen molar-refractivity contribution in [3.63, 3.8) is 0 Å². The summed E-state index contributed by atoms with van der Waals surface area (Å²) < 4.78 is 0. The summed E-state index contributed by atoms with van der Waals surface area (Å²) in [6.07, 6.45) is 2.62. The van der Waals surface area contributed by atoms with Gasteiger partial charge < -0.3 is 10.7 Å². The van der Waals surface area contributed by atoms with Crippen LogP contribution in [0.25, 0.3) is 0 Å². The van der Waals surface area contributed by atoms with Gasteiger partial charge in [0, 0.05) is 12.1 Å². The van der Waals surface area contributed by atoms with E-state index in [0.717, 1.165) is 12.1 Å². The van der Waals surface area contributed by atoms with Crippen LogP contribution in [0.4, 0.5) is 5.95 Å². The zero-order valence-electron chi connectivity index (χ0n) is 7.60. The average molecular weight is 210 g/mol. The van der Waals surface area contributed by atoms with Crippen LogP contribution >= 0.6 is 12.4 Å². The highest BCUT2D eigenvalue weighted by atomic mass is 35.5. The lowest BCUT2D eigenvalue weighted by atomic mass is 10.1. The topological polar surface area (TPSA) is 54.7 Å². The Labute approximate surface area is 88.8 Å². The van der Waals surface area contributed by atoms with E-state index in [2.05, 4.69) is 22.1 Å². The summed E-state index contributed by atoms with van der Waals surface area (Å²) >= 11 is 0. The van der Waals surface area contributed by atoms with Gasteiger partial charge in [-0.2, -0.15) is 0 Å². The maximum Gasteiger partial charge on any atom is 0.197 e. The second-order valence-electron chi connectivity index (χ2n) is 2.96. The first-order valence-electron chi connectivity index (χ1n) is 4.18. The van der Waals surface area contributed by atoms with E-state index in [9.17, 15) is 0 Å². The fourth-order valence-electron chi connectivity index (χ4n) is 1.28. The van der Waals surface area contributed by atoms with Crippen molar-refractivity contribution < 1.29 is 0 Å². The van der Waals surface area contributed by atoms with Gasteiger partial charge in [-0.1, -0.05) is 30.3 Å². The molecule has 0 radical (unpaired) electrons. The van der Waals surface area contributed by atoms with Gasteiger partial charge in [-0.25, -0.2) is 4.98 Å². The molecule has 0 aliphatic heterocycles. The molecule has 74 valence electrons. The summed E-state index contributed by atoms with van der Waals surface area (Å²) in [6.45, 7) is 0. The third kappa shape index (κ3) is 2.50. The molecule has 14 heavy (non-hydrogen) atoms. The Balaban J connectivity index is 0.000000980. The number of nitrogen functional groups attached to an aromatic ring is 1. The van der Waals surface area contributed by atoms with Crippen molar-refractivity contribution in [1.29, 1.82) is 0 Å². The first-order valence-corrected chi connectivity index (χ1v) is 4.18. The number of rotatable bonds is 2. The number of nitrogens with zero attached hydrogens (tertiary/aromatic N) is 1. The molecule has 0 aliphatic carbocycles. The number of aromatic amines is 1. The molecule has 4 heteroatoms. The number of anilines is 1. The van der Waals surface area contributed by atoms with Crippen LogP contribution in [0.1, 0.15) is 11.3 Å². The minimum Gasteiger partial charge on any atom is -0.369 e. The molecule has 0 saturated carbocycles. The monoisotopic (exact) mass is 209 g/mol. The molecule has 1 heterocycles. The van der Waals surface area contributed by atoms with Gasteiger partial charge >= 0.3 is 0 Å². The van der Waals surface area contributed by atoms with E-state index in [1.807, 2.05) is 18.2 Å². The number of benzene rings is 1. The van der Waals surface area contributed by atoms with Gasteiger partial charge in [0.05, 0.1) is 6.20 Å². The number of hydrogen-bond acceptors (Lipinski definition) is 2. The van der Waals surface area contributed by atoms with Crippen molar-refractivity contribution in [2.24, 2.45) is 0 Å². The average Bonchev–Trinajstić information content (AvgIpc) is 2.53. The van der Waals surface area contributed by atoms with Crippen molar-refractivity contribution in [3.8, 4) is 0 Å². The summed E-state index contributed by atoms with van der Waals surface area (Å²) in [5.41, 5.74) is 7.77. The predicted octanol–water partition coefficient (Wildman–Crippen LogP) is 2.00. The van der Waals surface area contributed by atoms with Crippen LogP contribution in [-0.2, 0) is 6.42 Å². The SMILES string of the molecule is Cl.Nc1ncc(Cc2ccccc2)[nH]1. The third-order valence-corrected chi connectivity index (χ3v) is 1.89. The molecular formula is C10H12ClN3. The van der Waals surface area contributed by atoms with Gasteiger partial charge in [0.15, 0.2) is 5.95 Å². The second-order valence-corrected chi connectivity index (χ2v) is 2.96. The fraction of sp³-hybridized carbons (Fsp3) is 0.100. The second kappa shape index (κ2) is 4.67. The summed E-state index contributed by atoms with van der Waals surface area (Å²) in [4.78, 5) is 6.93. The van der Waals surface area contributed by atoms with Crippen LogP contribution < -0.4 is 5.73 Å². The molecule has 3 N–H and O–H groups in total. The highest BCUT2D eigenvalue weighted by Gasteiger charge is 1.97. The van der Waals surface area contributed by atoms with Crippen LogP contribution in [0.15, 0.2) is 36.5 Å². The number of aromatic nitrogens is 2. The lowest BCUT2D eigenvalue weighted by molar-refractivity contribution is 1.11. The Kier molecular flexibility index (Phi) is 3.54. The molecule has 0 aliphatic rings. The zero-order chi connectivity index (χ0) is 9.10. The van der Waals surface area contributed by atoms with Crippen molar-refractivity contribution >= 4 is 18.4 Å². The Hall–Kier alpha value is -1.48. The molecule has 0 atom stereocenters. The maximum atomic E-state index is 5.47. The maximum absolute atomic E-state index is 5.47. The van der Waals surface area contributed by atoms with Crippen molar-refractivity contribution in [3.05, 3.63) is 47.8 Å². The summed E-state index contributed by atoms with van der Waals surface area (Å²) in [5, 5.41) is 0. The molecule has 3 nitrogen and oxygen atoms in total. The lowest BCUT2D eigenvalue weighted by Crippen LogP contribution is -1.89. The number of nitrogens with two attached hydrogens (primary N) is 1. The Morgan fingerprint density at radius 1 is 1.21 bits per heavy atom. The number of imidazole rings is 1. The number of halogens is 1. The molecular weight excluding hydrogens is 198 g/mol. The highest BCUT2D eigenvalue weighted by Crippen LogP contribution is 2.07. The summed E-state index contributed by atoms with van der Waals surface area (Å²) in [6, 6.07) is 10.2. The normalized spacial score (nSPS) is 9.43. The first kappa shape index (κ1) is 10.6. The molecule has 0 bridgehead atoms. The van der Waals surface area contributed by atoms with Gasteiger partial charge in [-0.3, -0.25) is 0 Å². The van der Waals surface area contributed by atoms with Gasteiger partial charge in [-0.15, -0.1) is 12.4 Å². The quantitative estimate of drug-likeness (QED) is 0.795. The first-order chi connectivity index (χ1) is 6.34. The van der Waals surface area contributed by atoms with E-state index in [1.165, 1.54) is 5.56 Å². The minimum atomic E-state index is 0. The third-order valence-electron chi connectivity index (χ3n) is 1.89. The van der Waals surface area contributed by atoms with E-state index in [-0.39, 0.29) is 12.4 Å². The largest absolute Gasteiger partial charge is 0.369 e. The van der Waals surface area contributed by atoms with Gasteiger partial charge in [0.1, 0.15) is 0 Å². The van der Waals surface area contributed by atoms with E-state index in [0.29, 0.717) is 5.95 Å². The molecule has 0 amide bonds. The van der Waals surface area contributed by atoms with E-state index in [1.54, 1.807) is 6.20 Å². The van der Waals surface area contributed by atoms with E-state index >= 15 is 0 Å². The zero-order valence-corrected chi connectivity index (χ0v) is 8.42. The molecule has 2 rings (SSSR count). The fourth-order valence-corrected chi connectivity index (χ4v) is 1.28. The number of hydrogen-bond donors (Lipinski definition) is 2. The van der Waals surface area contributed by atoms with Crippen molar-refractivity contribution in [1.82, 2.24) is 9.97 Å². The number of H-pyrrole nitrogens is 1.